The zero-order chi connectivity index (χ0) is 26.6. The predicted octanol–water partition coefficient (Wildman–Crippen LogP) is 4.09. The number of nitrogens with one attached hydrogen (secondary N) is 1. The van der Waals surface area contributed by atoms with Gasteiger partial charge in [0.2, 0.25) is 6.79 Å². The Bertz CT molecular complexity index is 1350. The van der Waals surface area contributed by atoms with Crippen LogP contribution in [0.25, 0.3) is 0 Å². The van der Waals surface area contributed by atoms with Crippen molar-refractivity contribution in [3.05, 3.63) is 76.6 Å². The van der Waals surface area contributed by atoms with Gasteiger partial charge < -0.3 is 29.2 Å². The maximum absolute atomic E-state index is 13.2. The number of piperidine rings is 1. The first-order valence-electron chi connectivity index (χ1n) is 12.6. The first-order chi connectivity index (χ1) is 18.5. The monoisotopic (exact) mass is 517 g/mol. The summed E-state index contributed by atoms with van der Waals surface area (Å²) in [5.41, 5.74) is 3.69. The number of fused-ring (bicyclic) bond motifs is 1. The Labute approximate surface area is 221 Å². The van der Waals surface area contributed by atoms with Gasteiger partial charge in [-0.05, 0) is 67.8 Å². The second-order valence-electron chi connectivity index (χ2n) is 9.39. The van der Waals surface area contributed by atoms with Crippen molar-refractivity contribution in [1.29, 1.82) is 0 Å². The van der Waals surface area contributed by atoms with Crippen LogP contribution in [0, 0.1) is 6.92 Å². The van der Waals surface area contributed by atoms with E-state index in [0.29, 0.717) is 53.8 Å². The van der Waals surface area contributed by atoms with E-state index < -0.39 is 0 Å². The SMILES string of the molecule is COc1ccc(C(=O)N2CCC(c3nc(C)ccc3C(=O)NCc3ccc4c(c3)OCO4)CC2)cc1OC. The number of hydrogen-bond donors (Lipinski definition) is 1. The van der Waals surface area contributed by atoms with Gasteiger partial charge in [-0.25, -0.2) is 0 Å². The summed E-state index contributed by atoms with van der Waals surface area (Å²) in [6, 6.07) is 14.5. The molecule has 0 aliphatic carbocycles. The molecule has 2 amide bonds. The van der Waals surface area contributed by atoms with Gasteiger partial charge in [-0.3, -0.25) is 14.6 Å². The van der Waals surface area contributed by atoms with Gasteiger partial charge in [0.15, 0.2) is 23.0 Å². The van der Waals surface area contributed by atoms with Crippen LogP contribution in [0.2, 0.25) is 0 Å². The average Bonchev–Trinajstić information content (AvgIpc) is 3.43. The summed E-state index contributed by atoms with van der Waals surface area (Å²) in [5.74, 6) is 2.35. The van der Waals surface area contributed by atoms with E-state index in [4.69, 9.17) is 23.9 Å². The Morgan fingerprint density at radius 1 is 0.974 bits per heavy atom. The molecule has 9 heteroatoms. The Kier molecular flexibility index (Phi) is 7.35. The molecule has 2 aromatic carbocycles. The smallest absolute Gasteiger partial charge is 0.253 e. The molecule has 0 atom stereocenters. The molecule has 3 aromatic rings. The molecule has 3 heterocycles. The number of aryl methyl sites for hydroxylation is 1. The van der Waals surface area contributed by atoms with Crippen molar-refractivity contribution >= 4 is 11.8 Å². The summed E-state index contributed by atoms with van der Waals surface area (Å²) in [5, 5.41) is 3.01. The van der Waals surface area contributed by atoms with Crippen LogP contribution in [-0.2, 0) is 6.54 Å². The third kappa shape index (κ3) is 5.22. The summed E-state index contributed by atoms with van der Waals surface area (Å²) in [4.78, 5) is 33.0. The largest absolute Gasteiger partial charge is 0.493 e. The van der Waals surface area contributed by atoms with Crippen LogP contribution in [0.15, 0.2) is 48.5 Å². The van der Waals surface area contributed by atoms with Crippen LogP contribution in [0.1, 0.15) is 56.4 Å². The highest BCUT2D eigenvalue weighted by Gasteiger charge is 2.29. The number of carbonyl (C=O) groups is 2. The highest BCUT2D eigenvalue weighted by Crippen LogP contribution is 2.33. The van der Waals surface area contributed by atoms with Crippen LogP contribution in [0.4, 0.5) is 0 Å². The fraction of sp³-hybridized carbons (Fsp3) is 0.345. The van der Waals surface area contributed by atoms with Gasteiger partial charge in [0, 0.05) is 36.8 Å². The number of aromatic nitrogens is 1. The lowest BCUT2D eigenvalue weighted by atomic mass is 9.89. The second kappa shape index (κ2) is 11.0. The third-order valence-corrected chi connectivity index (χ3v) is 7.00. The van der Waals surface area contributed by atoms with E-state index in [0.717, 1.165) is 29.8 Å². The zero-order valence-electron chi connectivity index (χ0n) is 21.8. The Morgan fingerprint density at radius 2 is 1.74 bits per heavy atom. The quantitative estimate of drug-likeness (QED) is 0.504. The minimum atomic E-state index is -0.172. The molecule has 2 aliphatic rings. The number of pyridine rings is 1. The first-order valence-corrected chi connectivity index (χ1v) is 12.6. The maximum Gasteiger partial charge on any atom is 0.253 e. The number of amides is 2. The minimum absolute atomic E-state index is 0.0525. The van der Waals surface area contributed by atoms with Crippen LogP contribution in [0.3, 0.4) is 0 Å². The van der Waals surface area contributed by atoms with E-state index in [9.17, 15) is 9.59 Å². The standard InChI is InChI=1S/C29H31N3O6/c1-18-4-7-22(28(33)30-16-19-5-8-24-26(14-19)38-17-37-24)27(31-18)20-10-12-32(13-11-20)29(34)21-6-9-23(35-2)25(15-21)36-3/h4-9,14-15,20H,10-13,16-17H2,1-3H3,(H,30,33). The summed E-state index contributed by atoms with van der Waals surface area (Å²) in [6.45, 7) is 3.65. The van der Waals surface area contributed by atoms with E-state index >= 15 is 0 Å². The topological polar surface area (TPSA) is 99.2 Å². The molecule has 2 aliphatic heterocycles. The Hall–Kier alpha value is -4.27. The number of methoxy groups -OCH3 is 2. The van der Waals surface area contributed by atoms with E-state index in [1.807, 2.05) is 42.2 Å². The van der Waals surface area contributed by atoms with Crippen molar-refractivity contribution in [2.75, 3.05) is 34.1 Å². The van der Waals surface area contributed by atoms with Crippen molar-refractivity contribution in [3.8, 4) is 23.0 Å². The Balaban J connectivity index is 1.25. The first kappa shape index (κ1) is 25.4. The highest BCUT2D eigenvalue weighted by atomic mass is 16.7. The van der Waals surface area contributed by atoms with E-state index in [1.165, 1.54) is 0 Å². The molecule has 0 saturated carbocycles. The molecule has 0 radical (unpaired) electrons. The normalized spacial score (nSPS) is 14.8. The predicted molar refractivity (Wildman–Crippen MR) is 140 cm³/mol. The summed E-state index contributed by atoms with van der Waals surface area (Å²) >= 11 is 0. The molecule has 0 unspecified atom stereocenters. The van der Waals surface area contributed by atoms with Gasteiger partial charge in [0.1, 0.15) is 0 Å². The molecule has 0 spiro atoms. The van der Waals surface area contributed by atoms with Gasteiger partial charge in [0.25, 0.3) is 11.8 Å². The van der Waals surface area contributed by atoms with Gasteiger partial charge in [-0.1, -0.05) is 6.07 Å². The van der Waals surface area contributed by atoms with Gasteiger partial charge in [0.05, 0.1) is 25.5 Å². The summed E-state index contributed by atoms with van der Waals surface area (Å²) in [7, 11) is 3.12. The number of carbonyl (C=O) groups excluding carboxylic acids is 2. The molecular formula is C29H31N3O6. The highest BCUT2D eigenvalue weighted by molar-refractivity contribution is 5.96. The van der Waals surface area contributed by atoms with Gasteiger partial charge in [-0.2, -0.15) is 0 Å². The van der Waals surface area contributed by atoms with Crippen molar-refractivity contribution < 1.29 is 28.5 Å². The van der Waals surface area contributed by atoms with Gasteiger partial charge in [-0.15, -0.1) is 0 Å². The summed E-state index contributed by atoms with van der Waals surface area (Å²) in [6.07, 6.45) is 1.44. The fourth-order valence-electron chi connectivity index (χ4n) is 4.92. The number of benzene rings is 2. The van der Waals surface area contributed by atoms with Crippen LogP contribution in [0.5, 0.6) is 23.0 Å². The lowest BCUT2D eigenvalue weighted by Crippen LogP contribution is -2.38. The molecule has 5 rings (SSSR count). The lowest BCUT2D eigenvalue weighted by molar-refractivity contribution is 0.0710. The molecule has 1 saturated heterocycles. The van der Waals surface area contributed by atoms with Crippen molar-refractivity contribution in [2.45, 2.75) is 32.2 Å². The third-order valence-electron chi connectivity index (χ3n) is 7.00. The lowest BCUT2D eigenvalue weighted by Gasteiger charge is -2.32. The second-order valence-corrected chi connectivity index (χ2v) is 9.39. The molecule has 38 heavy (non-hydrogen) atoms. The molecule has 1 fully saturated rings. The van der Waals surface area contributed by atoms with Gasteiger partial charge >= 0.3 is 0 Å². The molecule has 9 nitrogen and oxygen atoms in total. The molecule has 1 aromatic heterocycles. The van der Waals surface area contributed by atoms with Crippen LogP contribution < -0.4 is 24.3 Å². The van der Waals surface area contributed by atoms with Crippen molar-refractivity contribution in [2.24, 2.45) is 0 Å². The molecule has 0 bridgehead atoms. The fourth-order valence-corrected chi connectivity index (χ4v) is 4.92. The maximum atomic E-state index is 13.2. The number of rotatable bonds is 7. The average molecular weight is 518 g/mol. The molecular weight excluding hydrogens is 486 g/mol. The van der Waals surface area contributed by atoms with Crippen LogP contribution in [-0.4, -0.2) is 55.8 Å². The zero-order valence-corrected chi connectivity index (χ0v) is 21.8. The van der Waals surface area contributed by atoms with E-state index in [1.54, 1.807) is 32.4 Å². The van der Waals surface area contributed by atoms with Crippen molar-refractivity contribution in [1.82, 2.24) is 15.2 Å². The Morgan fingerprint density at radius 3 is 2.50 bits per heavy atom. The molecule has 198 valence electrons. The van der Waals surface area contributed by atoms with Crippen LogP contribution >= 0.6 is 0 Å². The number of likely N-dealkylation sites (tertiary alicyclic amines) is 1. The van der Waals surface area contributed by atoms with Crippen molar-refractivity contribution in [3.63, 3.8) is 0 Å². The number of nitrogens with zero attached hydrogens (tertiary/aromatic N) is 2. The number of ether oxygens (including phenoxy) is 4. The molecule has 1 N–H and O–H groups in total. The number of hydrogen-bond acceptors (Lipinski definition) is 7. The van der Waals surface area contributed by atoms with E-state index in [-0.39, 0.29) is 24.5 Å². The van der Waals surface area contributed by atoms with E-state index in [2.05, 4.69) is 5.32 Å². The minimum Gasteiger partial charge on any atom is -0.493 e. The summed E-state index contributed by atoms with van der Waals surface area (Å²) < 4.78 is 21.4.